The number of pyridine rings is 1. The molecule has 4 rings (SSSR count). The van der Waals surface area contributed by atoms with E-state index in [1.807, 2.05) is 6.92 Å². The minimum Gasteiger partial charge on any atom is -0.411 e. The number of imidazole rings is 1. The molecule has 0 saturated heterocycles. The smallest absolute Gasteiger partial charge is 0.291 e. The quantitative estimate of drug-likeness (QED) is 0.202. The lowest BCUT2D eigenvalue weighted by atomic mass is 9.98. The molecule has 0 atom stereocenters. The van der Waals surface area contributed by atoms with Crippen molar-refractivity contribution < 1.29 is 14.1 Å². The second-order valence-corrected chi connectivity index (χ2v) is 23.1. The molecule has 0 bridgehead atoms. The van der Waals surface area contributed by atoms with Gasteiger partial charge in [0.05, 0.1) is 11.6 Å². The second-order valence-electron chi connectivity index (χ2n) is 11.5. The normalized spacial score (nSPS) is 12.7. The van der Waals surface area contributed by atoms with Crippen LogP contribution in [0, 0.1) is 12.7 Å². The van der Waals surface area contributed by atoms with Gasteiger partial charge in [-0.05, 0) is 54.4 Å². The van der Waals surface area contributed by atoms with Crippen LogP contribution in [0.2, 0.25) is 56.7 Å². The van der Waals surface area contributed by atoms with Crippen LogP contribution in [0.15, 0.2) is 29.2 Å². The molecule has 0 spiro atoms. The molecule has 10 heteroatoms. The highest BCUT2D eigenvalue weighted by molar-refractivity contribution is 6.76. The van der Waals surface area contributed by atoms with Gasteiger partial charge in [-0.3, -0.25) is 4.79 Å². The third kappa shape index (κ3) is 5.27. The lowest BCUT2D eigenvalue weighted by Gasteiger charge is -2.19. The molecule has 0 N–H and O–H groups in total. The van der Waals surface area contributed by atoms with Crippen LogP contribution < -0.4 is 15.2 Å². The molecule has 0 amide bonds. The largest absolute Gasteiger partial charge is 0.411 e. The molecule has 0 aliphatic heterocycles. The van der Waals surface area contributed by atoms with E-state index in [-0.39, 0.29) is 10.8 Å². The lowest BCUT2D eigenvalue weighted by Crippen LogP contribution is -2.31. The third-order valence-electron chi connectivity index (χ3n) is 6.07. The standard InChI is InChI=1S/C25H33ClFN3O3Si2/c1-16-15-29(32-10-12-34(2,3)4)24(31)21-19-14-17(27)8-9-18(19)22-23(20(16)21)30(25(26)28-22)33-11-13-35(5,6)7/h8-9,14-15H,10-13H2,1-7H3. The number of rotatable bonds is 8. The summed E-state index contributed by atoms with van der Waals surface area (Å²) in [5, 5.41) is 2.29. The molecular weight excluding hydrogens is 501 g/mol. The van der Waals surface area contributed by atoms with Crippen molar-refractivity contribution in [2.24, 2.45) is 0 Å². The Kier molecular flexibility index (Phi) is 6.80. The first kappa shape index (κ1) is 25.7. The van der Waals surface area contributed by atoms with E-state index in [4.69, 9.17) is 21.3 Å². The Morgan fingerprint density at radius 3 is 2.23 bits per heavy atom. The minimum absolute atomic E-state index is 0.170. The predicted molar refractivity (Wildman–Crippen MR) is 148 cm³/mol. The van der Waals surface area contributed by atoms with Crippen molar-refractivity contribution in [1.82, 2.24) is 14.4 Å². The Morgan fingerprint density at radius 2 is 1.60 bits per heavy atom. The SMILES string of the molecule is Cc1cn(OCC[Si](C)(C)C)c(=O)c2c3cc(F)ccc3c3nc(Cl)n(OCC[Si](C)(C)C)c3c12. The summed E-state index contributed by atoms with van der Waals surface area (Å²) in [6.45, 7) is 16.4. The van der Waals surface area contributed by atoms with Crippen molar-refractivity contribution in [3.05, 3.63) is 51.4 Å². The zero-order valence-electron chi connectivity index (χ0n) is 21.5. The van der Waals surface area contributed by atoms with Crippen molar-refractivity contribution in [3.8, 4) is 0 Å². The number of aromatic nitrogens is 3. The summed E-state index contributed by atoms with van der Waals surface area (Å²) in [5.74, 6) is -0.429. The summed E-state index contributed by atoms with van der Waals surface area (Å²) < 4.78 is 17.2. The highest BCUT2D eigenvalue weighted by atomic mass is 35.5. The number of nitrogens with zero attached hydrogens (tertiary/aromatic N) is 3. The van der Waals surface area contributed by atoms with Crippen molar-refractivity contribution >= 4 is 60.3 Å². The highest BCUT2D eigenvalue weighted by Gasteiger charge is 2.23. The maximum absolute atomic E-state index is 14.4. The van der Waals surface area contributed by atoms with Crippen LogP contribution in [0.4, 0.5) is 4.39 Å². The van der Waals surface area contributed by atoms with E-state index in [0.29, 0.717) is 45.8 Å². The molecule has 0 fully saturated rings. The first-order valence-electron chi connectivity index (χ1n) is 11.9. The Balaban J connectivity index is 1.98. The van der Waals surface area contributed by atoms with Gasteiger partial charge in [0.2, 0.25) is 5.28 Å². The molecule has 0 saturated carbocycles. The topological polar surface area (TPSA) is 58.3 Å². The fourth-order valence-electron chi connectivity index (χ4n) is 4.09. The molecule has 35 heavy (non-hydrogen) atoms. The van der Waals surface area contributed by atoms with Gasteiger partial charge >= 0.3 is 0 Å². The number of fused-ring (bicyclic) bond motifs is 6. The van der Waals surface area contributed by atoms with Crippen molar-refractivity contribution in [1.29, 1.82) is 0 Å². The molecule has 4 aromatic rings. The van der Waals surface area contributed by atoms with Crippen LogP contribution in [0.25, 0.3) is 32.6 Å². The van der Waals surface area contributed by atoms with Gasteiger partial charge in [-0.15, -0.1) is 0 Å². The average molecular weight is 534 g/mol. The Morgan fingerprint density at radius 1 is 0.971 bits per heavy atom. The monoisotopic (exact) mass is 533 g/mol. The van der Waals surface area contributed by atoms with Gasteiger partial charge < -0.3 is 9.68 Å². The zero-order valence-corrected chi connectivity index (χ0v) is 24.2. The summed E-state index contributed by atoms with van der Waals surface area (Å²) in [4.78, 5) is 30.3. The van der Waals surface area contributed by atoms with Crippen LogP contribution in [0.5, 0.6) is 0 Å². The summed E-state index contributed by atoms with van der Waals surface area (Å²) in [6.07, 6.45) is 1.69. The molecular formula is C25H33ClFN3O3Si2. The van der Waals surface area contributed by atoms with Crippen molar-refractivity contribution in [2.45, 2.75) is 58.3 Å². The van der Waals surface area contributed by atoms with Crippen molar-refractivity contribution in [3.63, 3.8) is 0 Å². The predicted octanol–water partition coefficient (Wildman–Crippen LogP) is 6.14. The van der Waals surface area contributed by atoms with Crippen LogP contribution in [-0.4, -0.2) is 43.8 Å². The minimum atomic E-state index is -1.34. The third-order valence-corrected chi connectivity index (χ3v) is 9.71. The lowest BCUT2D eigenvalue weighted by molar-refractivity contribution is 0.113. The molecule has 188 valence electrons. The maximum Gasteiger partial charge on any atom is 0.291 e. The van der Waals surface area contributed by atoms with Gasteiger partial charge in [0.25, 0.3) is 5.56 Å². The zero-order chi connectivity index (χ0) is 25.7. The average Bonchev–Trinajstić information content (AvgIpc) is 3.05. The number of halogens is 2. The number of hydrogen-bond acceptors (Lipinski definition) is 4. The molecule has 0 radical (unpaired) electrons. The van der Waals surface area contributed by atoms with E-state index < -0.39 is 22.0 Å². The van der Waals surface area contributed by atoms with Gasteiger partial charge in [0.1, 0.15) is 30.1 Å². The summed E-state index contributed by atoms with van der Waals surface area (Å²) in [5.41, 5.74) is 1.63. The van der Waals surface area contributed by atoms with Crippen LogP contribution in [-0.2, 0) is 0 Å². The maximum atomic E-state index is 14.4. The first-order valence-corrected chi connectivity index (χ1v) is 19.7. The van der Waals surface area contributed by atoms with Gasteiger partial charge in [-0.2, -0.15) is 9.46 Å². The van der Waals surface area contributed by atoms with E-state index >= 15 is 0 Å². The molecule has 2 aromatic heterocycles. The molecule has 6 nitrogen and oxygen atoms in total. The Labute approximate surface area is 211 Å². The first-order chi connectivity index (χ1) is 16.3. The van der Waals surface area contributed by atoms with Crippen molar-refractivity contribution in [2.75, 3.05) is 13.2 Å². The number of hydrogen-bond donors (Lipinski definition) is 0. The molecule has 2 aromatic carbocycles. The fraction of sp³-hybridized carbons (Fsp3) is 0.440. The van der Waals surface area contributed by atoms with Crippen LogP contribution in [0.1, 0.15) is 5.56 Å². The van der Waals surface area contributed by atoms with Gasteiger partial charge in [0.15, 0.2) is 0 Å². The second kappa shape index (κ2) is 9.26. The van der Waals surface area contributed by atoms with E-state index in [2.05, 4.69) is 44.3 Å². The van der Waals surface area contributed by atoms with Gasteiger partial charge in [-0.25, -0.2) is 9.37 Å². The Hall–Kier alpha value is -2.37. The summed E-state index contributed by atoms with van der Waals surface area (Å²) >= 11 is 6.54. The van der Waals surface area contributed by atoms with Gasteiger partial charge in [-0.1, -0.05) is 39.3 Å². The van der Waals surface area contributed by atoms with Crippen LogP contribution >= 0.6 is 11.6 Å². The summed E-state index contributed by atoms with van der Waals surface area (Å²) in [6, 6.07) is 6.24. The van der Waals surface area contributed by atoms with Crippen LogP contribution in [0.3, 0.4) is 0 Å². The molecule has 0 aliphatic carbocycles. The molecule has 2 heterocycles. The molecule has 0 aliphatic rings. The Bertz CT molecular complexity index is 1490. The van der Waals surface area contributed by atoms with E-state index in [1.54, 1.807) is 12.3 Å². The number of aryl methyl sites for hydroxylation is 1. The van der Waals surface area contributed by atoms with E-state index in [0.717, 1.165) is 17.7 Å². The number of benzene rings is 2. The van der Waals surface area contributed by atoms with Gasteiger partial charge in [0, 0.05) is 32.3 Å². The summed E-state index contributed by atoms with van der Waals surface area (Å²) in [7, 11) is -2.69. The highest BCUT2D eigenvalue weighted by Crippen LogP contribution is 2.36. The van der Waals surface area contributed by atoms with E-state index in [9.17, 15) is 9.18 Å². The molecule has 0 unspecified atom stereocenters. The van der Waals surface area contributed by atoms with E-state index in [1.165, 1.54) is 21.6 Å². The fourth-order valence-corrected chi connectivity index (χ4v) is 5.72.